The summed E-state index contributed by atoms with van der Waals surface area (Å²) in [5.74, 6) is 1.67. The molecule has 0 atom stereocenters. The van der Waals surface area contributed by atoms with Gasteiger partial charge in [0, 0.05) is 44.1 Å². The van der Waals surface area contributed by atoms with Gasteiger partial charge in [0.2, 0.25) is 0 Å². The molecule has 0 amide bonds. The van der Waals surface area contributed by atoms with E-state index in [0.29, 0.717) is 18.8 Å². The molecule has 0 unspecified atom stereocenters. The third-order valence-corrected chi connectivity index (χ3v) is 4.71. The molecule has 0 N–H and O–H groups in total. The summed E-state index contributed by atoms with van der Waals surface area (Å²) in [4.78, 5) is 13.4. The molecule has 2 fully saturated rings. The summed E-state index contributed by atoms with van der Waals surface area (Å²) in [5, 5.41) is 9.60. The maximum atomic E-state index is 9.60. The standard InChI is InChI=1S/C19H21N5O2/c20-13-16-11-17(14-22-19(16)24-5-9-26-10-6-24)15-1-2-21-18(12-15)23-3-7-25-8-4-23/h1-2,11-12,14H,3-10H2. The summed E-state index contributed by atoms with van der Waals surface area (Å²) in [6.45, 7) is 5.99. The first-order valence-electron chi connectivity index (χ1n) is 8.87. The molecule has 0 aliphatic carbocycles. The molecule has 0 spiro atoms. The fourth-order valence-electron chi connectivity index (χ4n) is 3.29. The van der Waals surface area contributed by atoms with Crippen molar-refractivity contribution in [2.24, 2.45) is 0 Å². The van der Waals surface area contributed by atoms with Crippen molar-refractivity contribution in [1.82, 2.24) is 9.97 Å². The van der Waals surface area contributed by atoms with Gasteiger partial charge in [-0.1, -0.05) is 0 Å². The van der Waals surface area contributed by atoms with Crippen molar-refractivity contribution >= 4 is 11.6 Å². The van der Waals surface area contributed by atoms with E-state index in [1.54, 1.807) is 0 Å². The SMILES string of the molecule is N#Cc1cc(-c2ccnc(N3CCOCC3)c2)cnc1N1CCOCC1. The summed E-state index contributed by atoms with van der Waals surface area (Å²) in [6.07, 6.45) is 3.64. The second kappa shape index (κ2) is 7.68. The molecule has 0 bridgehead atoms. The van der Waals surface area contributed by atoms with Gasteiger partial charge in [0.05, 0.1) is 32.0 Å². The van der Waals surface area contributed by atoms with E-state index >= 15 is 0 Å². The van der Waals surface area contributed by atoms with Crippen LogP contribution in [0.3, 0.4) is 0 Å². The molecule has 26 heavy (non-hydrogen) atoms. The Labute approximate surface area is 152 Å². The zero-order chi connectivity index (χ0) is 17.8. The Kier molecular flexibility index (Phi) is 4.95. The molecule has 134 valence electrons. The van der Waals surface area contributed by atoms with Crippen LogP contribution in [-0.4, -0.2) is 62.6 Å². The molecule has 0 radical (unpaired) electrons. The van der Waals surface area contributed by atoms with Crippen molar-refractivity contribution in [3.8, 4) is 17.2 Å². The summed E-state index contributed by atoms with van der Waals surface area (Å²) in [6, 6.07) is 8.21. The second-order valence-electron chi connectivity index (χ2n) is 6.31. The maximum absolute atomic E-state index is 9.60. The zero-order valence-electron chi connectivity index (χ0n) is 14.6. The van der Waals surface area contributed by atoms with Crippen molar-refractivity contribution in [2.45, 2.75) is 0 Å². The molecule has 4 rings (SSSR count). The van der Waals surface area contributed by atoms with Gasteiger partial charge in [0.1, 0.15) is 17.7 Å². The number of rotatable bonds is 3. The number of anilines is 2. The molecule has 0 saturated carbocycles. The molecular weight excluding hydrogens is 330 g/mol. The van der Waals surface area contributed by atoms with Crippen LogP contribution in [0.15, 0.2) is 30.6 Å². The van der Waals surface area contributed by atoms with Crippen molar-refractivity contribution < 1.29 is 9.47 Å². The number of pyridine rings is 2. The van der Waals surface area contributed by atoms with Crippen LogP contribution in [0.4, 0.5) is 11.6 Å². The lowest BCUT2D eigenvalue weighted by Gasteiger charge is -2.29. The van der Waals surface area contributed by atoms with Crippen LogP contribution in [-0.2, 0) is 9.47 Å². The molecule has 2 aliphatic heterocycles. The number of morpholine rings is 2. The quantitative estimate of drug-likeness (QED) is 0.833. The van der Waals surface area contributed by atoms with Gasteiger partial charge >= 0.3 is 0 Å². The van der Waals surface area contributed by atoms with Crippen LogP contribution in [0.2, 0.25) is 0 Å². The lowest BCUT2D eigenvalue weighted by Crippen LogP contribution is -2.37. The Bertz CT molecular complexity index is 808. The van der Waals surface area contributed by atoms with E-state index in [0.717, 1.165) is 62.2 Å². The fourth-order valence-corrected chi connectivity index (χ4v) is 3.29. The second-order valence-corrected chi connectivity index (χ2v) is 6.31. The topological polar surface area (TPSA) is 74.5 Å². The molecule has 0 aromatic carbocycles. The highest BCUT2D eigenvalue weighted by Crippen LogP contribution is 2.27. The number of nitriles is 1. The Hall–Kier alpha value is -2.69. The van der Waals surface area contributed by atoms with E-state index in [-0.39, 0.29) is 0 Å². The molecule has 2 saturated heterocycles. The predicted octanol–water partition coefficient (Wildman–Crippen LogP) is 1.69. The molecule has 2 aromatic rings. The first-order valence-corrected chi connectivity index (χ1v) is 8.87. The lowest BCUT2D eigenvalue weighted by molar-refractivity contribution is 0.122. The van der Waals surface area contributed by atoms with Gasteiger partial charge in [-0.2, -0.15) is 5.26 Å². The van der Waals surface area contributed by atoms with Crippen LogP contribution in [0.25, 0.3) is 11.1 Å². The first-order chi connectivity index (χ1) is 12.8. The minimum absolute atomic E-state index is 0.592. The average molecular weight is 351 g/mol. The Morgan fingerprint density at radius 2 is 1.58 bits per heavy atom. The van der Waals surface area contributed by atoms with Crippen LogP contribution < -0.4 is 9.80 Å². The third kappa shape index (κ3) is 3.47. The van der Waals surface area contributed by atoms with Crippen LogP contribution in [0, 0.1) is 11.3 Å². The van der Waals surface area contributed by atoms with E-state index in [1.807, 2.05) is 24.5 Å². The summed E-state index contributed by atoms with van der Waals surface area (Å²) in [7, 11) is 0. The van der Waals surface area contributed by atoms with Crippen LogP contribution >= 0.6 is 0 Å². The molecular formula is C19H21N5O2. The number of nitrogens with zero attached hydrogens (tertiary/aromatic N) is 5. The minimum Gasteiger partial charge on any atom is -0.378 e. The van der Waals surface area contributed by atoms with Crippen molar-refractivity contribution in [3.63, 3.8) is 0 Å². The summed E-state index contributed by atoms with van der Waals surface area (Å²) < 4.78 is 10.8. The van der Waals surface area contributed by atoms with Gasteiger partial charge in [-0.05, 0) is 23.8 Å². The molecule has 7 nitrogen and oxygen atoms in total. The minimum atomic E-state index is 0.592. The van der Waals surface area contributed by atoms with Gasteiger partial charge in [0.25, 0.3) is 0 Å². The van der Waals surface area contributed by atoms with E-state index in [4.69, 9.17) is 9.47 Å². The lowest BCUT2D eigenvalue weighted by atomic mass is 10.1. The van der Waals surface area contributed by atoms with E-state index < -0.39 is 0 Å². The van der Waals surface area contributed by atoms with Crippen molar-refractivity contribution in [3.05, 3.63) is 36.2 Å². The van der Waals surface area contributed by atoms with Crippen LogP contribution in [0.5, 0.6) is 0 Å². The number of aromatic nitrogens is 2. The maximum Gasteiger partial charge on any atom is 0.146 e. The fraction of sp³-hybridized carbons (Fsp3) is 0.421. The smallest absolute Gasteiger partial charge is 0.146 e. The summed E-state index contributed by atoms with van der Waals surface area (Å²) in [5.41, 5.74) is 2.53. The first kappa shape index (κ1) is 16.8. The largest absolute Gasteiger partial charge is 0.378 e. The molecule has 7 heteroatoms. The van der Waals surface area contributed by atoms with Gasteiger partial charge in [-0.3, -0.25) is 0 Å². The average Bonchev–Trinajstić information content (AvgIpc) is 2.74. The highest BCUT2D eigenvalue weighted by Gasteiger charge is 2.18. The summed E-state index contributed by atoms with van der Waals surface area (Å²) >= 11 is 0. The Morgan fingerprint density at radius 3 is 2.27 bits per heavy atom. The number of hydrogen-bond acceptors (Lipinski definition) is 7. The normalized spacial score (nSPS) is 17.8. The predicted molar refractivity (Wildman–Crippen MR) is 98.2 cm³/mol. The Morgan fingerprint density at radius 1 is 0.885 bits per heavy atom. The highest BCUT2D eigenvalue weighted by molar-refractivity contribution is 5.70. The highest BCUT2D eigenvalue weighted by atomic mass is 16.5. The van der Waals surface area contributed by atoms with E-state index in [9.17, 15) is 5.26 Å². The van der Waals surface area contributed by atoms with Gasteiger partial charge in [0.15, 0.2) is 0 Å². The van der Waals surface area contributed by atoms with Crippen LogP contribution in [0.1, 0.15) is 5.56 Å². The van der Waals surface area contributed by atoms with E-state index in [2.05, 4.69) is 31.9 Å². The Balaban J connectivity index is 1.62. The van der Waals surface area contributed by atoms with Gasteiger partial charge in [-0.25, -0.2) is 9.97 Å². The van der Waals surface area contributed by atoms with E-state index in [1.165, 1.54) is 0 Å². The number of hydrogen-bond donors (Lipinski definition) is 0. The van der Waals surface area contributed by atoms with Gasteiger partial charge in [-0.15, -0.1) is 0 Å². The number of ether oxygens (including phenoxy) is 2. The monoisotopic (exact) mass is 351 g/mol. The third-order valence-electron chi connectivity index (χ3n) is 4.71. The molecule has 2 aliphatic rings. The molecule has 2 aromatic heterocycles. The molecule has 4 heterocycles. The van der Waals surface area contributed by atoms with Crippen molar-refractivity contribution in [2.75, 3.05) is 62.4 Å². The van der Waals surface area contributed by atoms with Crippen molar-refractivity contribution in [1.29, 1.82) is 5.26 Å². The zero-order valence-corrected chi connectivity index (χ0v) is 14.6. The van der Waals surface area contributed by atoms with Gasteiger partial charge < -0.3 is 19.3 Å².